The summed E-state index contributed by atoms with van der Waals surface area (Å²) in [7, 11) is 1.69. The van der Waals surface area contributed by atoms with Crippen molar-refractivity contribution in [1.82, 2.24) is 4.90 Å². The first-order valence-electron chi connectivity index (χ1n) is 12.0. The van der Waals surface area contributed by atoms with E-state index in [0.717, 1.165) is 11.4 Å². The Morgan fingerprint density at radius 1 is 1.06 bits per heavy atom. The van der Waals surface area contributed by atoms with Crippen LogP contribution in [0.3, 0.4) is 0 Å². The summed E-state index contributed by atoms with van der Waals surface area (Å²) in [6, 6.07) is 20.5. The van der Waals surface area contributed by atoms with Gasteiger partial charge in [0.1, 0.15) is 5.82 Å². The fraction of sp³-hybridized carbons (Fsp3) is 0.241. The lowest BCUT2D eigenvalue weighted by Gasteiger charge is -2.41. The standard InChI is InChI=1S/C29H28FN3O2S/c1-19-8-11-23(12-9-19)33-15-14-32(18-20(33)2)28(34)22-10-13-26-25(16-22)31(3)29(35)27(36-26)17-21-6-4-5-7-24(21)30/h4-13,16-17,20H,14-15,18H2,1-3H3. The number of piperazine rings is 1. The number of aryl methyl sites for hydroxylation is 1. The monoisotopic (exact) mass is 501 g/mol. The molecule has 2 aliphatic heterocycles. The molecule has 0 aromatic heterocycles. The molecule has 36 heavy (non-hydrogen) atoms. The van der Waals surface area contributed by atoms with Crippen molar-refractivity contribution in [3.05, 3.63) is 94.1 Å². The second kappa shape index (κ2) is 9.82. The van der Waals surface area contributed by atoms with Crippen LogP contribution in [0.15, 0.2) is 76.5 Å². The minimum Gasteiger partial charge on any atom is -0.365 e. The average Bonchev–Trinajstić information content (AvgIpc) is 2.88. The number of hydrogen-bond donors (Lipinski definition) is 0. The maximum absolute atomic E-state index is 14.1. The van der Waals surface area contributed by atoms with E-state index in [1.165, 1.54) is 34.0 Å². The van der Waals surface area contributed by atoms with E-state index in [0.29, 0.717) is 34.8 Å². The summed E-state index contributed by atoms with van der Waals surface area (Å²) in [5, 5.41) is 0. The predicted octanol–water partition coefficient (Wildman–Crippen LogP) is 5.59. The van der Waals surface area contributed by atoms with E-state index < -0.39 is 0 Å². The Morgan fingerprint density at radius 3 is 2.53 bits per heavy atom. The Hall–Kier alpha value is -3.58. The molecule has 0 saturated carbocycles. The number of thioether (sulfide) groups is 1. The van der Waals surface area contributed by atoms with Crippen LogP contribution < -0.4 is 9.80 Å². The van der Waals surface area contributed by atoms with Crippen LogP contribution in [0.4, 0.5) is 15.8 Å². The third kappa shape index (κ3) is 4.63. The molecule has 2 heterocycles. The molecule has 184 valence electrons. The topological polar surface area (TPSA) is 43.9 Å². The van der Waals surface area contributed by atoms with Crippen LogP contribution >= 0.6 is 11.8 Å². The number of fused-ring (bicyclic) bond motifs is 1. The molecule has 0 N–H and O–H groups in total. The molecule has 0 radical (unpaired) electrons. The van der Waals surface area contributed by atoms with E-state index in [1.54, 1.807) is 37.4 Å². The lowest BCUT2D eigenvalue weighted by Crippen LogP contribution is -2.53. The molecule has 3 aromatic rings. The third-order valence-corrected chi connectivity index (χ3v) is 7.85. The molecule has 0 spiro atoms. The van der Waals surface area contributed by atoms with Gasteiger partial charge in [-0.15, -0.1) is 0 Å². The Labute approximate surface area is 215 Å². The minimum atomic E-state index is -0.371. The molecule has 0 bridgehead atoms. The molecule has 2 amide bonds. The maximum Gasteiger partial charge on any atom is 0.264 e. The third-order valence-electron chi connectivity index (χ3n) is 6.77. The zero-order chi connectivity index (χ0) is 25.4. The van der Waals surface area contributed by atoms with Gasteiger partial charge in [-0.25, -0.2) is 4.39 Å². The highest BCUT2D eigenvalue weighted by Crippen LogP contribution is 2.42. The highest BCUT2D eigenvalue weighted by atomic mass is 32.2. The lowest BCUT2D eigenvalue weighted by molar-refractivity contribution is -0.114. The zero-order valence-electron chi connectivity index (χ0n) is 20.6. The van der Waals surface area contributed by atoms with E-state index in [9.17, 15) is 14.0 Å². The van der Waals surface area contributed by atoms with Gasteiger partial charge in [0, 0.05) is 54.4 Å². The number of carbonyl (C=O) groups is 2. The van der Waals surface area contributed by atoms with Gasteiger partial charge >= 0.3 is 0 Å². The van der Waals surface area contributed by atoms with Crippen LogP contribution in [-0.4, -0.2) is 49.4 Å². The van der Waals surface area contributed by atoms with Crippen molar-refractivity contribution in [3.8, 4) is 0 Å². The van der Waals surface area contributed by atoms with Gasteiger partial charge in [-0.2, -0.15) is 0 Å². The van der Waals surface area contributed by atoms with E-state index in [2.05, 4.69) is 43.0 Å². The normalized spacial score (nSPS) is 19.0. The first-order valence-corrected chi connectivity index (χ1v) is 12.8. The number of anilines is 2. The molecule has 2 aliphatic rings. The second-order valence-corrected chi connectivity index (χ2v) is 10.4. The fourth-order valence-electron chi connectivity index (χ4n) is 4.70. The van der Waals surface area contributed by atoms with Gasteiger partial charge < -0.3 is 14.7 Å². The highest BCUT2D eigenvalue weighted by Gasteiger charge is 2.30. The summed E-state index contributed by atoms with van der Waals surface area (Å²) in [4.78, 5) is 33.5. The van der Waals surface area contributed by atoms with Crippen LogP contribution in [0.1, 0.15) is 28.4 Å². The zero-order valence-corrected chi connectivity index (χ0v) is 21.4. The number of amides is 2. The number of benzene rings is 3. The number of likely N-dealkylation sites (N-methyl/N-ethyl adjacent to an activating group) is 1. The maximum atomic E-state index is 14.1. The first-order chi connectivity index (χ1) is 17.3. The number of halogens is 1. The van der Waals surface area contributed by atoms with Gasteiger partial charge in [0.2, 0.25) is 0 Å². The summed E-state index contributed by atoms with van der Waals surface area (Å²) in [6.07, 6.45) is 1.58. The number of carbonyl (C=O) groups excluding carboxylic acids is 2. The number of nitrogens with zero attached hydrogens (tertiary/aromatic N) is 3. The van der Waals surface area contributed by atoms with Crippen molar-refractivity contribution in [2.24, 2.45) is 0 Å². The first kappa shape index (κ1) is 24.1. The Bertz CT molecular complexity index is 1350. The van der Waals surface area contributed by atoms with E-state index in [1.807, 2.05) is 17.0 Å². The van der Waals surface area contributed by atoms with Gasteiger partial charge in [-0.1, -0.05) is 47.7 Å². The summed E-state index contributed by atoms with van der Waals surface area (Å²) >= 11 is 1.30. The van der Waals surface area contributed by atoms with Crippen molar-refractivity contribution in [3.63, 3.8) is 0 Å². The molecule has 1 unspecified atom stereocenters. The van der Waals surface area contributed by atoms with Crippen molar-refractivity contribution in [1.29, 1.82) is 0 Å². The van der Waals surface area contributed by atoms with Gasteiger partial charge in [-0.05, 0) is 56.3 Å². The predicted molar refractivity (Wildman–Crippen MR) is 144 cm³/mol. The summed E-state index contributed by atoms with van der Waals surface area (Å²) in [6.45, 7) is 6.24. The summed E-state index contributed by atoms with van der Waals surface area (Å²) in [5.74, 6) is -0.628. The molecule has 0 aliphatic carbocycles. The number of rotatable bonds is 3. The van der Waals surface area contributed by atoms with Gasteiger partial charge in [0.05, 0.1) is 10.6 Å². The molecular formula is C29H28FN3O2S. The number of hydrogen-bond acceptors (Lipinski definition) is 4. The summed E-state index contributed by atoms with van der Waals surface area (Å²) < 4.78 is 14.1. The van der Waals surface area contributed by atoms with Crippen LogP contribution in [0, 0.1) is 12.7 Å². The van der Waals surface area contributed by atoms with Crippen LogP contribution in [0.25, 0.3) is 6.08 Å². The van der Waals surface area contributed by atoms with Crippen molar-refractivity contribution >= 4 is 41.0 Å². The van der Waals surface area contributed by atoms with Crippen molar-refractivity contribution in [2.45, 2.75) is 24.8 Å². The molecule has 3 aromatic carbocycles. The Morgan fingerprint density at radius 2 is 1.81 bits per heavy atom. The summed E-state index contributed by atoms with van der Waals surface area (Å²) in [5.41, 5.74) is 4.02. The van der Waals surface area contributed by atoms with E-state index in [4.69, 9.17) is 0 Å². The Kier molecular flexibility index (Phi) is 6.58. The van der Waals surface area contributed by atoms with Crippen LogP contribution in [-0.2, 0) is 4.79 Å². The molecular weight excluding hydrogens is 473 g/mol. The highest BCUT2D eigenvalue weighted by molar-refractivity contribution is 8.04. The second-order valence-electron chi connectivity index (χ2n) is 9.31. The molecule has 5 nitrogen and oxygen atoms in total. The lowest BCUT2D eigenvalue weighted by atomic mass is 10.1. The van der Waals surface area contributed by atoms with Gasteiger partial charge in [0.15, 0.2) is 0 Å². The quantitative estimate of drug-likeness (QED) is 0.439. The molecule has 1 saturated heterocycles. The van der Waals surface area contributed by atoms with Gasteiger partial charge in [0.25, 0.3) is 11.8 Å². The molecule has 1 fully saturated rings. The largest absolute Gasteiger partial charge is 0.365 e. The Balaban J connectivity index is 1.33. The molecule has 5 rings (SSSR count). The molecule has 1 atom stereocenters. The minimum absolute atomic E-state index is 0.0354. The van der Waals surface area contributed by atoms with Crippen molar-refractivity contribution < 1.29 is 14.0 Å². The van der Waals surface area contributed by atoms with E-state index in [-0.39, 0.29) is 23.7 Å². The van der Waals surface area contributed by atoms with Gasteiger partial charge in [-0.3, -0.25) is 9.59 Å². The fourth-order valence-corrected chi connectivity index (χ4v) is 5.79. The van der Waals surface area contributed by atoms with Crippen LogP contribution in [0.2, 0.25) is 0 Å². The van der Waals surface area contributed by atoms with Crippen molar-refractivity contribution in [2.75, 3.05) is 36.5 Å². The average molecular weight is 502 g/mol. The molecule has 7 heteroatoms. The van der Waals surface area contributed by atoms with E-state index >= 15 is 0 Å². The smallest absolute Gasteiger partial charge is 0.264 e. The SMILES string of the molecule is Cc1ccc(N2CCN(C(=O)c3ccc4c(c3)N(C)C(=O)C(=Cc3ccccc3F)S4)CC2C)cc1. The van der Waals surface area contributed by atoms with Crippen LogP contribution in [0.5, 0.6) is 0 Å².